The first-order valence-corrected chi connectivity index (χ1v) is 10.6. The highest BCUT2D eigenvalue weighted by atomic mass is 32.1. The first-order chi connectivity index (χ1) is 14.3. The second-order valence-corrected chi connectivity index (χ2v) is 8.38. The summed E-state index contributed by atoms with van der Waals surface area (Å²) in [5.74, 6) is 0.802. The molecule has 0 bridgehead atoms. The topological polar surface area (TPSA) is 64.5 Å². The number of rotatable bonds is 8. The van der Waals surface area contributed by atoms with Crippen LogP contribution in [0.5, 0.6) is 0 Å². The zero-order valence-corrected chi connectivity index (χ0v) is 18.9. The molecule has 0 spiro atoms. The van der Waals surface area contributed by atoms with Gasteiger partial charge in [-0.05, 0) is 88.3 Å². The van der Waals surface area contributed by atoms with Crippen LogP contribution in [0.4, 0.5) is 0 Å². The maximum Gasteiger partial charge on any atom is 0.253 e. The fourth-order valence-electron chi connectivity index (χ4n) is 3.55. The van der Waals surface area contributed by atoms with Crippen LogP contribution in [0.15, 0.2) is 45.8 Å². The van der Waals surface area contributed by atoms with E-state index in [0.717, 1.165) is 41.7 Å². The standard InChI is InChI=1S/C23H30N4O2S/c1-16-11-17(2)21-18(12-16)13-19(22(28)25-21)14-27(15-20-7-5-10-29-20)23(30)24-8-6-9-26(3)4/h5,7,10-13H,6,8-9,14-15H2,1-4H3,(H,24,30)(H,25,28). The minimum Gasteiger partial charge on any atom is -0.467 e. The Balaban J connectivity index is 1.82. The van der Waals surface area contributed by atoms with E-state index >= 15 is 0 Å². The van der Waals surface area contributed by atoms with Crippen molar-refractivity contribution >= 4 is 28.2 Å². The summed E-state index contributed by atoms with van der Waals surface area (Å²) < 4.78 is 5.52. The fourth-order valence-corrected chi connectivity index (χ4v) is 3.78. The van der Waals surface area contributed by atoms with Gasteiger partial charge in [0.15, 0.2) is 5.11 Å². The molecule has 7 heteroatoms. The van der Waals surface area contributed by atoms with Gasteiger partial charge in [0.25, 0.3) is 5.56 Å². The molecule has 30 heavy (non-hydrogen) atoms. The Morgan fingerprint density at radius 3 is 2.70 bits per heavy atom. The number of thiocarbonyl (C=S) groups is 1. The summed E-state index contributed by atoms with van der Waals surface area (Å²) >= 11 is 5.65. The number of H-pyrrole nitrogens is 1. The molecule has 0 unspecified atom stereocenters. The lowest BCUT2D eigenvalue weighted by molar-refractivity contribution is 0.348. The fraction of sp³-hybridized carbons (Fsp3) is 0.391. The lowest BCUT2D eigenvalue weighted by atomic mass is 10.1. The number of aromatic amines is 1. The molecule has 0 aliphatic carbocycles. The van der Waals surface area contributed by atoms with Crippen LogP contribution < -0.4 is 10.9 Å². The van der Waals surface area contributed by atoms with Gasteiger partial charge < -0.3 is 24.5 Å². The van der Waals surface area contributed by atoms with Gasteiger partial charge in [-0.3, -0.25) is 4.79 Å². The van der Waals surface area contributed by atoms with Crippen LogP contribution in [-0.2, 0) is 13.1 Å². The van der Waals surface area contributed by atoms with E-state index in [1.54, 1.807) is 6.26 Å². The number of fused-ring (bicyclic) bond motifs is 1. The van der Waals surface area contributed by atoms with Gasteiger partial charge in [-0.2, -0.15) is 0 Å². The predicted molar refractivity (Wildman–Crippen MR) is 126 cm³/mol. The van der Waals surface area contributed by atoms with Crippen LogP contribution in [0.25, 0.3) is 10.9 Å². The van der Waals surface area contributed by atoms with Gasteiger partial charge in [0.05, 0.1) is 24.9 Å². The van der Waals surface area contributed by atoms with Crippen molar-refractivity contribution in [2.75, 3.05) is 27.2 Å². The Labute approximate surface area is 182 Å². The third-order valence-corrected chi connectivity index (χ3v) is 5.41. The molecule has 0 saturated heterocycles. The van der Waals surface area contributed by atoms with E-state index in [9.17, 15) is 4.79 Å². The average Bonchev–Trinajstić information content (AvgIpc) is 3.18. The highest BCUT2D eigenvalue weighted by molar-refractivity contribution is 7.80. The van der Waals surface area contributed by atoms with E-state index < -0.39 is 0 Å². The predicted octanol–water partition coefficient (Wildman–Crippen LogP) is 3.57. The van der Waals surface area contributed by atoms with E-state index in [4.69, 9.17) is 16.6 Å². The molecule has 0 aliphatic rings. The summed E-state index contributed by atoms with van der Waals surface area (Å²) in [4.78, 5) is 20.0. The number of aryl methyl sites for hydroxylation is 2. The maximum absolute atomic E-state index is 12.8. The van der Waals surface area contributed by atoms with Gasteiger partial charge >= 0.3 is 0 Å². The van der Waals surface area contributed by atoms with Crippen LogP contribution in [0, 0.1) is 13.8 Å². The summed E-state index contributed by atoms with van der Waals surface area (Å²) in [5.41, 5.74) is 3.71. The maximum atomic E-state index is 12.8. The Kier molecular flexibility index (Phi) is 7.29. The zero-order chi connectivity index (χ0) is 21.7. The molecule has 0 aliphatic heterocycles. The molecule has 2 heterocycles. The third-order valence-electron chi connectivity index (χ3n) is 5.00. The molecule has 0 atom stereocenters. The Bertz CT molecular complexity index is 1060. The van der Waals surface area contributed by atoms with Crippen LogP contribution >= 0.6 is 12.2 Å². The van der Waals surface area contributed by atoms with E-state index in [1.165, 1.54) is 5.56 Å². The highest BCUT2D eigenvalue weighted by Crippen LogP contribution is 2.19. The molecule has 0 fully saturated rings. The minimum atomic E-state index is -0.0886. The van der Waals surface area contributed by atoms with Crippen molar-refractivity contribution in [3.05, 3.63) is 69.4 Å². The van der Waals surface area contributed by atoms with E-state index in [2.05, 4.69) is 48.4 Å². The van der Waals surface area contributed by atoms with Gasteiger partial charge in [-0.15, -0.1) is 0 Å². The Morgan fingerprint density at radius 1 is 1.20 bits per heavy atom. The summed E-state index contributed by atoms with van der Waals surface area (Å²) in [6.45, 7) is 6.73. The minimum absolute atomic E-state index is 0.0886. The Morgan fingerprint density at radius 2 is 2.00 bits per heavy atom. The van der Waals surface area contributed by atoms with Crippen LogP contribution in [0.3, 0.4) is 0 Å². The zero-order valence-electron chi connectivity index (χ0n) is 18.1. The smallest absolute Gasteiger partial charge is 0.253 e. The summed E-state index contributed by atoms with van der Waals surface area (Å²) in [7, 11) is 4.11. The van der Waals surface area contributed by atoms with Gasteiger partial charge in [-0.1, -0.05) is 11.6 Å². The van der Waals surface area contributed by atoms with Crippen molar-refractivity contribution in [2.45, 2.75) is 33.4 Å². The first-order valence-electron chi connectivity index (χ1n) is 10.2. The highest BCUT2D eigenvalue weighted by Gasteiger charge is 2.15. The number of benzene rings is 1. The lowest BCUT2D eigenvalue weighted by Crippen LogP contribution is -2.40. The molecule has 0 saturated carbocycles. The monoisotopic (exact) mass is 426 g/mol. The van der Waals surface area contributed by atoms with Crippen molar-refractivity contribution in [3.8, 4) is 0 Å². The molecule has 2 aromatic heterocycles. The number of nitrogens with zero attached hydrogens (tertiary/aromatic N) is 2. The van der Waals surface area contributed by atoms with Crippen LogP contribution in [0.1, 0.15) is 28.9 Å². The van der Waals surface area contributed by atoms with Crippen molar-refractivity contribution in [1.82, 2.24) is 20.1 Å². The largest absolute Gasteiger partial charge is 0.467 e. The normalized spacial score (nSPS) is 11.2. The second kappa shape index (κ2) is 9.91. The van der Waals surface area contributed by atoms with E-state index in [0.29, 0.717) is 23.8 Å². The van der Waals surface area contributed by atoms with Crippen molar-refractivity contribution < 1.29 is 4.42 Å². The second-order valence-electron chi connectivity index (χ2n) is 7.99. The van der Waals surface area contributed by atoms with Gasteiger partial charge in [0.1, 0.15) is 5.76 Å². The quantitative estimate of drug-likeness (QED) is 0.424. The number of pyridine rings is 1. The SMILES string of the molecule is Cc1cc(C)c2[nH]c(=O)c(CN(Cc3ccco3)C(=S)NCCCN(C)C)cc2c1. The summed E-state index contributed by atoms with van der Waals surface area (Å²) in [5, 5.41) is 4.97. The van der Waals surface area contributed by atoms with Crippen molar-refractivity contribution in [2.24, 2.45) is 0 Å². The van der Waals surface area contributed by atoms with Gasteiger partial charge in [-0.25, -0.2) is 0 Å². The van der Waals surface area contributed by atoms with Gasteiger partial charge in [0, 0.05) is 12.1 Å². The molecular weight excluding hydrogens is 396 g/mol. The number of furan rings is 1. The molecule has 0 radical (unpaired) electrons. The number of hydrogen-bond acceptors (Lipinski definition) is 4. The molecule has 160 valence electrons. The van der Waals surface area contributed by atoms with Gasteiger partial charge in [0.2, 0.25) is 0 Å². The molecule has 0 amide bonds. The average molecular weight is 427 g/mol. The molecular formula is C23H30N4O2S. The Hall–Kier alpha value is -2.64. The summed E-state index contributed by atoms with van der Waals surface area (Å²) in [6.07, 6.45) is 2.63. The number of hydrogen-bond donors (Lipinski definition) is 2. The number of aromatic nitrogens is 1. The molecule has 2 N–H and O–H groups in total. The van der Waals surface area contributed by atoms with Crippen molar-refractivity contribution in [1.29, 1.82) is 0 Å². The molecule has 3 aromatic rings. The molecule has 6 nitrogen and oxygen atoms in total. The number of nitrogens with one attached hydrogen (secondary N) is 2. The van der Waals surface area contributed by atoms with Crippen LogP contribution in [-0.4, -0.2) is 47.1 Å². The van der Waals surface area contributed by atoms with Crippen LogP contribution in [0.2, 0.25) is 0 Å². The summed E-state index contributed by atoms with van der Waals surface area (Å²) in [6, 6.07) is 9.91. The molecule has 1 aromatic carbocycles. The lowest BCUT2D eigenvalue weighted by Gasteiger charge is -2.25. The molecule has 3 rings (SSSR count). The van der Waals surface area contributed by atoms with Crippen molar-refractivity contribution in [3.63, 3.8) is 0 Å². The van der Waals surface area contributed by atoms with E-state index in [-0.39, 0.29) is 5.56 Å². The van der Waals surface area contributed by atoms with E-state index in [1.807, 2.05) is 30.0 Å². The third kappa shape index (κ3) is 5.70. The first kappa shape index (κ1) is 22.1.